The fraction of sp³-hybridized carbons (Fsp3) is 0.500. The van der Waals surface area contributed by atoms with Crippen molar-refractivity contribution in [2.75, 3.05) is 51.7 Å². The highest BCUT2D eigenvalue weighted by atomic mass is 35.5. The summed E-state index contributed by atoms with van der Waals surface area (Å²) in [4.78, 5) is 22.5. The molecule has 1 spiro atoms. The summed E-state index contributed by atoms with van der Waals surface area (Å²) in [6, 6.07) is 5.25. The maximum absolute atomic E-state index is 12.9. The number of sulfonamides is 1. The number of likely N-dealkylation sites (tertiary alicyclic amines) is 1. The summed E-state index contributed by atoms with van der Waals surface area (Å²) >= 11 is 7.51. The molecule has 0 aliphatic carbocycles. The number of halogens is 1. The average Bonchev–Trinajstić information content (AvgIpc) is 3.40. The molecule has 1 atom stereocenters. The van der Waals surface area contributed by atoms with Gasteiger partial charge in [-0.1, -0.05) is 22.9 Å². The molecule has 0 bridgehead atoms. The van der Waals surface area contributed by atoms with Crippen LogP contribution in [-0.2, 0) is 20.2 Å². The van der Waals surface area contributed by atoms with Crippen LogP contribution in [0.5, 0.6) is 0 Å². The predicted molar refractivity (Wildman–Crippen MR) is 123 cm³/mol. The van der Waals surface area contributed by atoms with E-state index in [2.05, 4.69) is 14.6 Å². The lowest BCUT2D eigenvalue weighted by atomic mass is 9.81. The summed E-state index contributed by atoms with van der Waals surface area (Å²) in [7, 11) is 0.152. The van der Waals surface area contributed by atoms with Gasteiger partial charge in [-0.2, -0.15) is 0 Å². The van der Waals surface area contributed by atoms with Crippen molar-refractivity contribution in [1.82, 2.24) is 19.5 Å². The normalized spacial score (nSPS) is 20.8. The molecule has 1 aromatic carbocycles. The van der Waals surface area contributed by atoms with Crippen molar-refractivity contribution in [3.8, 4) is 0 Å². The van der Waals surface area contributed by atoms with E-state index in [1.165, 1.54) is 11.3 Å². The number of fused-ring (bicyclic) bond motifs is 2. The van der Waals surface area contributed by atoms with Gasteiger partial charge in [-0.15, -0.1) is 0 Å². The van der Waals surface area contributed by atoms with Gasteiger partial charge >= 0.3 is 0 Å². The van der Waals surface area contributed by atoms with Crippen molar-refractivity contribution in [2.24, 2.45) is 0 Å². The molecule has 4 rings (SSSR count). The SMILES string of the molecule is CC(=O)N1CCC2(C1)CN(c1ncc(Cl)s1)c1ccc(S(=O)(=O)NCCN(C)C)cc12. The summed E-state index contributed by atoms with van der Waals surface area (Å²) in [5.74, 6) is 0.0308. The number of anilines is 2. The minimum absolute atomic E-state index is 0.0308. The van der Waals surface area contributed by atoms with Gasteiger partial charge in [0, 0.05) is 50.7 Å². The summed E-state index contributed by atoms with van der Waals surface area (Å²) in [5.41, 5.74) is 1.52. The van der Waals surface area contributed by atoms with Crippen LogP contribution in [-0.4, -0.2) is 75.9 Å². The van der Waals surface area contributed by atoms with Gasteiger partial charge in [0.05, 0.1) is 11.1 Å². The average molecular weight is 484 g/mol. The van der Waals surface area contributed by atoms with Crippen LogP contribution in [0.3, 0.4) is 0 Å². The smallest absolute Gasteiger partial charge is 0.240 e. The lowest BCUT2D eigenvalue weighted by Crippen LogP contribution is -2.36. The standard InChI is InChI=1S/C20H26ClN5O3S2/c1-14(27)25-8-6-20(12-25)13-26(19-22-11-18(21)30-19)17-5-4-15(10-16(17)20)31(28,29)23-7-9-24(2)3/h4-5,10-11,23H,6-9,12-13H2,1-3H3. The number of benzene rings is 1. The second-order valence-corrected chi connectivity index (χ2v) is 11.8. The highest BCUT2D eigenvalue weighted by Gasteiger charge is 2.49. The van der Waals surface area contributed by atoms with Crippen LogP contribution in [0.4, 0.5) is 10.8 Å². The number of rotatable bonds is 6. The molecule has 2 aliphatic rings. The maximum atomic E-state index is 12.9. The molecule has 0 radical (unpaired) electrons. The summed E-state index contributed by atoms with van der Waals surface area (Å²) in [6.45, 7) is 4.36. The third-order valence-corrected chi connectivity index (χ3v) is 8.54. The van der Waals surface area contributed by atoms with E-state index in [9.17, 15) is 13.2 Å². The molecule has 0 saturated carbocycles. The number of likely N-dealkylation sites (N-methyl/N-ethyl adjacent to an activating group) is 1. The third kappa shape index (κ3) is 4.31. The summed E-state index contributed by atoms with van der Waals surface area (Å²) < 4.78 is 29.1. The first-order valence-electron chi connectivity index (χ1n) is 10.0. The molecule has 3 heterocycles. The van der Waals surface area contributed by atoms with Gasteiger partial charge in [0.15, 0.2) is 5.13 Å². The van der Waals surface area contributed by atoms with E-state index in [0.717, 1.165) is 22.8 Å². The fourth-order valence-corrected chi connectivity index (χ4v) is 6.29. The molecule has 1 aromatic heterocycles. The molecule has 1 saturated heterocycles. The lowest BCUT2D eigenvalue weighted by molar-refractivity contribution is -0.127. The Bertz CT molecular complexity index is 1100. The second-order valence-electron chi connectivity index (χ2n) is 8.38. The quantitative estimate of drug-likeness (QED) is 0.678. The molecule has 1 amide bonds. The van der Waals surface area contributed by atoms with E-state index in [0.29, 0.717) is 37.1 Å². The third-order valence-electron chi connectivity index (χ3n) is 5.95. The van der Waals surface area contributed by atoms with Crippen molar-refractivity contribution in [3.63, 3.8) is 0 Å². The second kappa shape index (κ2) is 8.32. The Morgan fingerprint density at radius 1 is 1.35 bits per heavy atom. The largest absolute Gasteiger partial charge is 0.342 e. The summed E-state index contributed by atoms with van der Waals surface area (Å²) in [6.07, 6.45) is 2.39. The molecular formula is C20H26ClN5O3S2. The Labute approximate surface area is 191 Å². The number of hydrogen-bond donors (Lipinski definition) is 1. The molecule has 1 N–H and O–H groups in total. The van der Waals surface area contributed by atoms with Gasteiger partial charge in [-0.25, -0.2) is 18.1 Å². The Hall–Kier alpha value is -1.72. The summed E-state index contributed by atoms with van der Waals surface area (Å²) in [5, 5.41) is 0.768. The maximum Gasteiger partial charge on any atom is 0.240 e. The van der Waals surface area contributed by atoms with Crippen LogP contribution in [0.1, 0.15) is 18.9 Å². The van der Waals surface area contributed by atoms with Crippen LogP contribution in [0, 0.1) is 0 Å². The van der Waals surface area contributed by atoms with E-state index in [-0.39, 0.29) is 16.2 Å². The van der Waals surface area contributed by atoms with Crippen LogP contribution < -0.4 is 9.62 Å². The zero-order valence-corrected chi connectivity index (χ0v) is 20.1. The van der Waals surface area contributed by atoms with Crippen molar-refractivity contribution < 1.29 is 13.2 Å². The molecule has 1 unspecified atom stereocenters. The Balaban J connectivity index is 1.72. The lowest BCUT2D eigenvalue weighted by Gasteiger charge is -2.25. The number of carbonyl (C=O) groups excluding carboxylic acids is 1. The van der Waals surface area contributed by atoms with E-state index in [4.69, 9.17) is 11.6 Å². The van der Waals surface area contributed by atoms with Crippen molar-refractivity contribution in [3.05, 3.63) is 34.3 Å². The number of nitrogens with zero attached hydrogens (tertiary/aromatic N) is 4. The molecule has 2 aromatic rings. The highest BCUT2D eigenvalue weighted by molar-refractivity contribution is 7.89. The van der Waals surface area contributed by atoms with Gasteiger partial charge in [-0.3, -0.25) is 4.79 Å². The van der Waals surface area contributed by atoms with Crippen LogP contribution >= 0.6 is 22.9 Å². The highest BCUT2D eigenvalue weighted by Crippen LogP contribution is 2.50. The minimum atomic E-state index is -3.64. The number of aromatic nitrogens is 1. The number of thiazole rings is 1. The number of nitrogens with one attached hydrogen (secondary N) is 1. The molecule has 2 aliphatic heterocycles. The van der Waals surface area contributed by atoms with Crippen molar-refractivity contribution in [2.45, 2.75) is 23.7 Å². The molecular weight excluding hydrogens is 458 g/mol. The van der Waals surface area contributed by atoms with E-state index < -0.39 is 10.0 Å². The minimum Gasteiger partial charge on any atom is -0.342 e. The van der Waals surface area contributed by atoms with Gasteiger partial charge in [0.25, 0.3) is 0 Å². The van der Waals surface area contributed by atoms with Gasteiger partial charge in [0.1, 0.15) is 4.34 Å². The molecule has 8 nitrogen and oxygen atoms in total. The van der Waals surface area contributed by atoms with Crippen LogP contribution in [0.2, 0.25) is 4.34 Å². The first-order valence-corrected chi connectivity index (χ1v) is 12.7. The topological polar surface area (TPSA) is 85.9 Å². The first kappa shape index (κ1) is 22.5. The number of carbonyl (C=O) groups is 1. The van der Waals surface area contributed by atoms with E-state index in [1.807, 2.05) is 30.0 Å². The molecule has 168 valence electrons. The predicted octanol–water partition coefficient (Wildman–Crippen LogP) is 2.28. The van der Waals surface area contributed by atoms with Crippen LogP contribution in [0.25, 0.3) is 0 Å². The molecule has 31 heavy (non-hydrogen) atoms. The van der Waals surface area contributed by atoms with Gasteiger partial charge in [-0.05, 0) is 44.3 Å². The van der Waals surface area contributed by atoms with E-state index in [1.54, 1.807) is 25.3 Å². The Morgan fingerprint density at radius 3 is 2.74 bits per heavy atom. The number of amides is 1. The zero-order chi connectivity index (χ0) is 22.4. The Morgan fingerprint density at radius 2 is 2.13 bits per heavy atom. The van der Waals surface area contributed by atoms with Crippen LogP contribution in [0.15, 0.2) is 29.3 Å². The monoisotopic (exact) mass is 483 g/mol. The van der Waals surface area contributed by atoms with Crippen molar-refractivity contribution >= 4 is 49.7 Å². The number of hydrogen-bond acceptors (Lipinski definition) is 7. The van der Waals surface area contributed by atoms with Crippen molar-refractivity contribution in [1.29, 1.82) is 0 Å². The Kier molecular flexibility index (Phi) is 6.04. The van der Waals surface area contributed by atoms with Gasteiger partial charge < -0.3 is 14.7 Å². The zero-order valence-electron chi connectivity index (χ0n) is 17.8. The van der Waals surface area contributed by atoms with Gasteiger partial charge in [0.2, 0.25) is 15.9 Å². The molecule has 1 fully saturated rings. The molecule has 11 heteroatoms. The fourth-order valence-electron chi connectivity index (χ4n) is 4.33. The van der Waals surface area contributed by atoms with E-state index >= 15 is 0 Å². The first-order chi connectivity index (χ1) is 14.6.